The standard InChI is InChI=1S/C15H29N3O2/c1-11(2)10-17-14(19)8-9-16-12(3)15(20)18-13-6-4-5-7-13/h11-13,16H,4-10H2,1-3H3,(H,17,19)(H,18,20). The van der Waals surface area contributed by atoms with Crippen molar-refractivity contribution in [1.29, 1.82) is 0 Å². The summed E-state index contributed by atoms with van der Waals surface area (Å²) in [6.45, 7) is 7.21. The lowest BCUT2D eigenvalue weighted by molar-refractivity contribution is -0.124. The Morgan fingerprint density at radius 3 is 2.40 bits per heavy atom. The van der Waals surface area contributed by atoms with Crippen molar-refractivity contribution in [1.82, 2.24) is 16.0 Å². The van der Waals surface area contributed by atoms with Crippen LogP contribution in [-0.4, -0.2) is 37.0 Å². The lowest BCUT2D eigenvalue weighted by Crippen LogP contribution is -2.46. The highest BCUT2D eigenvalue weighted by Gasteiger charge is 2.20. The zero-order valence-corrected chi connectivity index (χ0v) is 13.0. The Kier molecular flexibility index (Phi) is 7.59. The molecule has 1 aliphatic rings. The lowest BCUT2D eigenvalue weighted by Gasteiger charge is -2.17. The first-order valence-electron chi connectivity index (χ1n) is 7.79. The van der Waals surface area contributed by atoms with Gasteiger partial charge in [-0.15, -0.1) is 0 Å². The van der Waals surface area contributed by atoms with E-state index in [4.69, 9.17) is 0 Å². The monoisotopic (exact) mass is 283 g/mol. The van der Waals surface area contributed by atoms with Crippen molar-refractivity contribution in [3.8, 4) is 0 Å². The van der Waals surface area contributed by atoms with Crippen LogP contribution in [0.3, 0.4) is 0 Å². The summed E-state index contributed by atoms with van der Waals surface area (Å²) in [5.74, 6) is 0.539. The van der Waals surface area contributed by atoms with Crippen LogP contribution in [0.2, 0.25) is 0 Å². The molecular formula is C15H29N3O2. The third kappa shape index (κ3) is 6.89. The molecule has 1 aliphatic carbocycles. The van der Waals surface area contributed by atoms with E-state index >= 15 is 0 Å². The minimum Gasteiger partial charge on any atom is -0.356 e. The van der Waals surface area contributed by atoms with E-state index in [2.05, 4.69) is 29.8 Å². The topological polar surface area (TPSA) is 70.2 Å². The van der Waals surface area contributed by atoms with Crippen molar-refractivity contribution >= 4 is 11.8 Å². The van der Waals surface area contributed by atoms with Gasteiger partial charge in [-0.05, 0) is 25.7 Å². The molecule has 1 atom stereocenters. The van der Waals surface area contributed by atoms with Crippen LogP contribution < -0.4 is 16.0 Å². The van der Waals surface area contributed by atoms with Gasteiger partial charge in [-0.1, -0.05) is 26.7 Å². The maximum absolute atomic E-state index is 11.9. The highest BCUT2D eigenvalue weighted by atomic mass is 16.2. The number of nitrogens with one attached hydrogen (secondary N) is 3. The van der Waals surface area contributed by atoms with Crippen molar-refractivity contribution in [2.24, 2.45) is 5.92 Å². The quantitative estimate of drug-likeness (QED) is 0.626. The highest BCUT2D eigenvalue weighted by molar-refractivity contribution is 5.81. The second-order valence-corrected chi connectivity index (χ2v) is 6.11. The van der Waals surface area contributed by atoms with E-state index in [0.717, 1.165) is 12.8 Å². The second-order valence-electron chi connectivity index (χ2n) is 6.11. The van der Waals surface area contributed by atoms with Crippen LogP contribution in [0.1, 0.15) is 52.9 Å². The largest absolute Gasteiger partial charge is 0.356 e. The van der Waals surface area contributed by atoms with Crippen molar-refractivity contribution in [3.63, 3.8) is 0 Å². The molecule has 0 aromatic carbocycles. The molecule has 0 spiro atoms. The Balaban J connectivity index is 2.10. The minimum atomic E-state index is -0.242. The van der Waals surface area contributed by atoms with Crippen molar-refractivity contribution in [2.45, 2.75) is 65.0 Å². The van der Waals surface area contributed by atoms with E-state index in [-0.39, 0.29) is 17.9 Å². The molecule has 0 radical (unpaired) electrons. The van der Waals surface area contributed by atoms with E-state index < -0.39 is 0 Å². The molecule has 5 nitrogen and oxygen atoms in total. The van der Waals surface area contributed by atoms with E-state index in [1.165, 1.54) is 12.8 Å². The van der Waals surface area contributed by atoms with Gasteiger partial charge < -0.3 is 16.0 Å². The zero-order chi connectivity index (χ0) is 15.0. The Bertz CT molecular complexity index is 312. The van der Waals surface area contributed by atoms with Gasteiger partial charge in [-0.2, -0.15) is 0 Å². The number of carbonyl (C=O) groups excluding carboxylic acids is 2. The maximum Gasteiger partial charge on any atom is 0.237 e. The molecule has 0 aliphatic heterocycles. The first-order valence-corrected chi connectivity index (χ1v) is 7.79. The van der Waals surface area contributed by atoms with Crippen molar-refractivity contribution in [2.75, 3.05) is 13.1 Å². The van der Waals surface area contributed by atoms with Crippen LogP contribution in [0.15, 0.2) is 0 Å². The Hall–Kier alpha value is -1.10. The van der Waals surface area contributed by atoms with Crippen LogP contribution >= 0.6 is 0 Å². The summed E-state index contributed by atoms with van der Waals surface area (Å²) in [4.78, 5) is 23.4. The molecule has 0 aromatic rings. The molecule has 1 unspecified atom stereocenters. The summed E-state index contributed by atoms with van der Waals surface area (Å²) in [7, 11) is 0. The average Bonchev–Trinajstić information content (AvgIpc) is 2.89. The first-order chi connectivity index (χ1) is 9.49. The summed E-state index contributed by atoms with van der Waals surface area (Å²) in [6, 6.07) is 0.106. The fourth-order valence-electron chi connectivity index (χ4n) is 2.30. The molecule has 0 bridgehead atoms. The SMILES string of the molecule is CC(C)CNC(=O)CCNC(C)C(=O)NC1CCCC1. The van der Waals surface area contributed by atoms with Crippen molar-refractivity contribution in [3.05, 3.63) is 0 Å². The van der Waals surface area contributed by atoms with Gasteiger partial charge in [0.2, 0.25) is 11.8 Å². The number of carbonyl (C=O) groups is 2. The van der Waals surface area contributed by atoms with E-state index in [1.54, 1.807) is 0 Å². The molecule has 0 heterocycles. The predicted molar refractivity (Wildman–Crippen MR) is 80.3 cm³/mol. The molecule has 0 aromatic heterocycles. The lowest BCUT2D eigenvalue weighted by atomic mass is 10.2. The molecule has 20 heavy (non-hydrogen) atoms. The third-order valence-electron chi connectivity index (χ3n) is 3.60. The summed E-state index contributed by atoms with van der Waals surface area (Å²) in [6.07, 6.45) is 5.02. The summed E-state index contributed by atoms with van der Waals surface area (Å²) in [5.41, 5.74) is 0. The van der Waals surface area contributed by atoms with Crippen LogP contribution in [0, 0.1) is 5.92 Å². The maximum atomic E-state index is 11.9. The van der Waals surface area contributed by atoms with Crippen LogP contribution in [0.4, 0.5) is 0 Å². The van der Waals surface area contributed by atoms with Gasteiger partial charge >= 0.3 is 0 Å². The summed E-state index contributed by atoms with van der Waals surface area (Å²) < 4.78 is 0. The molecule has 1 fully saturated rings. The van der Waals surface area contributed by atoms with Gasteiger partial charge in [-0.3, -0.25) is 9.59 Å². The third-order valence-corrected chi connectivity index (χ3v) is 3.60. The Morgan fingerprint density at radius 1 is 1.15 bits per heavy atom. The van der Waals surface area contributed by atoms with Crippen molar-refractivity contribution < 1.29 is 9.59 Å². The van der Waals surface area contributed by atoms with Gasteiger partial charge in [-0.25, -0.2) is 0 Å². The van der Waals surface area contributed by atoms with Gasteiger partial charge in [0.1, 0.15) is 0 Å². The molecule has 3 N–H and O–H groups in total. The smallest absolute Gasteiger partial charge is 0.237 e. The highest BCUT2D eigenvalue weighted by Crippen LogP contribution is 2.17. The van der Waals surface area contributed by atoms with Crippen LogP contribution in [-0.2, 0) is 9.59 Å². The molecular weight excluding hydrogens is 254 g/mol. The molecule has 1 saturated carbocycles. The molecule has 2 amide bonds. The predicted octanol–water partition coefficient (Wildman–Crippen LogP) is 1.19. The number of amides is 2. The van der Waals surface area contributed by atoms with E-state index in [9.17, 15) is 9.59 Å². The molecule has 5 heteroatoms. The molecule has 1 rings (SSSR count). The summed E-state index contributed by atoms with van der Waals surface area (Å²) >= 11 is 0. The van der Waals surface area contributed by atoms with Crippen LogP contribution in [0.5, 0.6) is 0 Å². The van der Waals surface area contributed by atoms with Gasteiger partial charge in [0.15, 0.2) is 0 Å². The Morgan fingerprint density at radius 2 is 1.80 bits per heavy atom. The normalized spacial score (nSPS) is 17.2. The van der Waals surface area contributed by atoms with E-state index in [0.29, 0.717) is 31.5 Å². The average molecular weight is 283 g/mol. The molecule has 116 valence electrons. The van der Waals surface area contributed by atoms with E-state index in [1.807, 2.05) is 6.92 Å². The fraction of sp³-hybridized carbons (Fsp3) is 0.867. The van der Waals surface area contributed by atoms with Gasteiger partial charge in [0, 0.05) is 25.6 Å². The van der Waals surface area contributed by atoms with Gasteiger partial charge in [0.05, 0.1) is 6.04 Å². The van der Waals surface area contributed by atoms with Crippen LogP contribution in [0.25, 0.3) is 0 Å². The second kappa shape index (κ2) is 8.95. The number of hydrogen-bond acceptors (Lipinski definition) is 3. The minimum absolute atomic E-state index is 0.0367. The first kappa shape index (κ1) is 17.0. The Labute approximate surface area is 122 Å². The number of rotatable bonds is 8. The van der Waals surface area contributed by atoms with Gasteiger partial charge in [0.25, 0.3) is 0 Å². The zero-order valence-electron chi connectivity index (χ0n) is 13.0. The summed E-state index contributed by atoms with van der Waals surface area (Å²) in [5, 5.41) is 9.02. The fourth-order valence-corrected chi connectivity index (χ4v) is 2.30. The molecule has 0 saturated heterocycles. The number of hydrogen-bond donors (Lipinski definition) is 3.